The van der Waals surface area contributed by atoms with Crippen molar-refractivity contribution in [1.29, 1.82) is 0 Å². The van der Waals surface area contributed by atoms with Gasteiger partial charge in [-0.25, -0.2) is 0 Å². The third-order valence-electron chi connectivity index (χ3n) is 4.21. The van der Waals surface area contributed by atoms with E-state index in [1.165, 1.54) is 42.2 Å². The number of aryl methyl sites for hydroxylation is 2. The number of likely N-dealkylation sites (tertiary alicyclic amines) is 1. The molecule has 2 atom stereocenters. The number of nitrogens with one attached hydrogen (secondary N) is 1. The van der Waals surface area contributed by atoms with E-state index in [-0.39, 0.29) is 0 Å². The molecule has 3 heteroatoms. The van der Waals surface area contributed by atoms with E-state index < -0.39 is 0 Å². The highest BCUT2D eigenvalue weighted by atomic mass is 32.1. The second-order valence-electron chi connectivity index (χ2n) is 5.60. The van der Waals surface area contributed by atoms with E-state index in [9.17, 15) is 0 Å². The molecule has 17 heavy (non-hydrogen) atoms. The van der Waals surface area contributed by atoms with Crippen LogP contribution >= 0.6 is 11.3 Å². The molecule has 2 aliphatic rings. The molecule has 94 valence electrons. The van der Waals surface area contributed by atoms with Gasteiger partial charge < -0.3 is 5.32 Å². The van der Waals surface area contributed by atoms with Gasteiger partial charge in [-0.15, -0.1) is 11.3 Å². The summed E-state index contributed by atoms with van der Waals surface area (Å²) >= 11 is 1.94. The predicted octanol–water partition coefficient (Wildman–Crippen LogP) is 2.55. The zero-order valence-corrected chi connectivity index (χ0v) is 11.6. The van der Waals surface area contributed by atoms with Gasteiger partial charge in [0.25, 0.3) is 0 Å². The minimum Gasteiger partial charge on any atom is -0.312 e. The van der Waals surface area contributed by atoms with Crippen LogP contribution in [0, 0.1) is 19.8 Å². The molecule has 2 nitrogen and oxygen atoms in total. The molecule has 0 aliphatic carbocycles. The number of thiophene rings is 1. The van der Waals surface area contributed by atoms with Crippen molar-refractivity contribution in [1.82, 2.24) is 10.2 Å². The van der Waals surface area contributed by atoms with Crippen molar-refractivity contribution < 1.29 is 0 Å². The Morgan fingerprint density at radius 3 is 3.00 bits per heavy atom. The normalized spacial score (nSPS) is 29.5. The molecule has 0 amide bonds. The van der Waals surface area contributed by atoms with Crippen LogP contribution in [0.1, 0.15) is 28.2 Å². The first-order valence-corrected chi connectivity index (χ1v) is 7.55. The quantitative estimate of drug-likeness (QED) is 0.868. The summed E-state index contributed by atoms with van der Waals surface area (Å²) in [5, 5.41) is 3.68. The summed E-state index contributed by atoms with van der Waals surface area (Å²) in [4.78, 5) is 5.60. The molecule has 2 fully saturated rings. The first-order chi connectivity index (χ1) is 8.22. The van der Waals surface area contributed by atoms with Gasteiger partial charge in [-0.05, 0) is 50.8 Å². The third-order valence-corrected chi connectivity index (χ3v) is 5.22. The molecule has 0 bridgehead atoms. The van der Waals surface area contributed by atoms with Gasteiger partial charge in [0.15, 0.2) is 0 Å². The molecular weight excluding hydrogens is 228 g/mol. The van der Waals surface area contributed by atoms with Crippen LogP contribution in [-0.2, 0) is 6.54 Å². The van der Waals surface area contributed by atoms with Crippen LogP contribution < -0.4 is 5.32 Å². The monoisotopic (exact) mass is 250 g/mol. The summed E-state index contributed by atoms with van der Waals surface area (Å²) in [5.74, 6) is 0.906. The van der Waals surface area contributed by atoms with Crippen molar-refractivity contribution in [3.8, 4) is 0 Å². The number of rotatable bonds is 2. The maximum atomic E-state index is 3.68. The van der Waals surface area contributed by atoms with Gasteiger partial charge in [-0.3, -0.25) is 4.90 Å². The average molecular weight is 250 g/mol. The molecule has 2 aliphatic heterocycles. The van der Waals surface area contributed by atoms with Crippen molar-refractivity contribution in [2.24, 2.45) is 5.92 Å². The van der Waals surface area contributed by atoms with Crippen molar-refractivity contribution >= 4 is 11.3 Å². The maximum Gasteiger partial charge on any atom is 0.0245 e. The van der Waals surface area contributed by atoms with Crippen molar-refractivity contribution in [3.63, 3.8) is 0 Å². The largest absolute Gasteiger partial charge is 0.312 e. The van der Waals surface area contributed by atoms with E-state index in [4.69, 9.17) is 0 Å². The van der Waals surface area contributed by atoms with Crippen LogP contribution in [0.15, 0.2) is 6.07 Å². The highest BCUT2D eigenvalue weighted by molar-refractivity contribution is 7.12. The lowest BCUT2D eigenvalue weighted by molar-refractivity contribution is 0.312. The number of piperidine rings is 1. The summed E-state index contributed by atoms with van der Waals surface area (Å²) < 4.78 is 0. The first kappa shape index (κ1) is 11.7. The Hall–Kier alpha value is -0.380. The second kappa shape index (κ2) is 4.71. The molecular formula is C14H22N2S. The standard InChI is InChI=1S/C14H22N2S/c1-10-6-13(11(2)17-10)8-16-7-12-4-3-5-15-14(12)9-16/h6,12,14-15H,3-5,7-9H2,1-2H3/t12-,14+/m0/s1. The van der Waals surface area contributed by atoms with Crippen LogP contribution in [0.3, 0.4) is 0 Å². The fourth-order valence-corrected chi connectivity index (χ4v) is 4.29. The average Bonchev–Trinajstić information content (AvgIpc) is 2.82. The Labute approximate surface area is 108 Å². The smallest absolute Gasteiger partial charge is 0.0245 e. The summed E-state index contributed by atoms with van der Waals surface area (Å²) in [6.45, 7) is 9.41. The van der Waals surface area contributed by atoms with Crippen molar-refractivity contribution in [3.05, 3.63) is 21.4 Å². The summed E-state index contributed by atoms with van der Waals surface area (Å²) in [7, 11) is 0. The fraction of sp³-hybridized carbons (Fsp3) is 0.714. The Morgan fingerprint density at radius 1 is 1.41 bits per heavy atom. The molecule has 0 unspecified atom stereocenters. The molecule has 0 aromatic carbocycles. The molecule has 0 spiro atoms. The van der Waals surface area contributed by atoms with Gasteiger partial charge in [0.05, 0.1) is 0 Å². The predicted molar refractivity (Wildman–Crippen MR) is 73.6 cm³/mol. The second-order valence-corrected chi connectivity index (χ2v) is 7.06. The number of nitrogens with zero attached hydrogens (tertiary/aromatic N) is 1. The van der Waals surface area contributed by atoms with E-state index >= 15 is 0 Å². The maximum absolute atomic E-state index is 3.68. The van der Waals surface area contributed by atoms with Gasteiger partial charge in [-0.2, -0.15) is 0 Å². The molecule has 0 radical (unpaired) electrons. The lowest BCUT2D eigenvalue weighted by atomic mass is 9.94. The lowest BCUT2D eigenvalue weighted by Gasteiger charge is -2.24. The lowest BCUT2D eigenvalue weighted by Crippen LogP contribution is -2.40. The summed E-state index contributed by atoms with van der Waals surface area (Å²) in [6.07, 6.45) is 2.79. The molecule has 1 N–H and O–H groups in total. The third kappa shape index (κ3) is 2.42. The highest BCUT2D eigenvalue weighted by Crippen LogP contribution is 2.28. The van der Waals surface area contributed by atoms with E-state index in [2.05, 4.69) is 30.1 Å². The molecule has 0 saturated carbocycles. The Kier molecular flexibility index (Phi) is 3.24. The minimum atomic E-state index is 0.767. The molecule has 3 heterocycles. The molecule has 1 aromatic heterocycles. The van der Waals surface area contributed by atoms with Crippen LogP contribution in [0.2, 0.25) is 0 Å². The SMILES string of the molecule is Cc1cc(CN2C[C@@H]3CCCN[C@@H]3C2)c(C)s1. The van der Waals surface area contributed by atoms with Gasteiger partial charge in [0.2, 0.25) is 0 Å². The zero-order valence-electron chi connectivity index (χ0n) is 10.8. The number of hydrogen-bond donors (Lipinski definition) is 1. The Morgan fingerprint density at radius 2 is 2.29 bits per heavy atom. The van der Waals surface area contributed by atoms with Gasteiger partial charge in [0, 0.05) is 35.4 Å². The van der Waals surface area contributed by atoms with Gasteiger partial charge >= 0.3 is 0 Å². The summed E-state index contributed by atoms with van der Waals surface area (Å²) in [6, 6.07) is 3.14. The van der Waals surface area contributed by atoms with Crippen LogP contribution in [-0.4, -0.2) is 30.6 Å². The fourth-order valence-electron chi connectivity index (χ4n) is 3.35. The van der Waals surface area contributed by atoms with Gasteiger partial charge in [0.1, 0.15) is 0 Å². The van der Waals surface area contributed by atoms with Crippen LogP contribution in [0.5, 0.6) is 0 Å². The van der Waals surface area contributed by atoms with Crippen molar-refractivity contribution in [2.45, 2.75) is 39.3 Å². The minimum absolute atomic E-state index is 0.767. The zero-order chi connectivity index (χ0) is 11.8. The Bertz CT molecular complexity index is 385. The van der Waals surface area contributed by atoms with E-state index in [0.29, 0.717) is 0 Å². The molecule has 1 aromatic rings. The molecule has 2 saturated heterocycles. The Balaban J connectivity index is 1.65. The first-order valence-electron chi connectivity index (χ1n) is 6.74. The van der Waals surface area contributed by atoms with E-state index in [1.807, 2.05) is 11.3 Å². The van der Waals surface area contributed by atoms with Gasteiger partial charge in [-0.1, -0.05) is 0 Å². The van der Waals surface area contributed by atoms with Crippen LogP contribution in [0.25, 0.3) is 0 Å². The topological polar surface area (TPSA) is 15.3 Å². The van der Waals surface area contributed by atoms with E-state index in [1.54, 1.807) is 5.56 Å². The number of fused-ring (bicyclic) bond motifs is 1. The van der Waals surface area contributed by atoms with Crippen molar-refractivity contribution in [2.75, 3.05) is 19.6 Å². The van der Waals surface area contributed by atoms with Crippen LogP contribution in [0.4, 0.5) is 0 Å². The highest BCUT2D eigenvalue weighted by Gasteiger charge is 2.34. The summed E-state index contributed by atoms with van der Waals surface area (Å²) in [5.41, 5.74) is 1.55. The van der Waals surface area contributed by atoms with E-state index in [0.717, 1.165) is 18.5 Å². The molecule has 3 rings (SSSR count). The number of hydrogen-bond acceptors (Lipinski definition) is 3.